The van der Waals surface area contributed by atoms with E-state index in [9.17, 15) is 10.1 Å². The van der Waals surface area contributed by atoms with Crippen LogP contribution in [0.2, 0.25) is 0 Å². The molecule has 0 bridgehead atoms. The van der Waals surface area contributed by atoms with E-state index < -0.39 is 0 Å². The van der Waals surface area contributed by atoms with Crippen LogP contribution < -0.4 is 10.1 Å². The number of pyridine rings is 1. The van der Waals surface area contributed by atoms with E-state index >= 15 is 0 Å². The van der Waals surface area contributed by atoms with E-state index in [2.05, 4.69) is 16.4 Å². The maximum atomic E-state index is 12.4. The van der Waals surface area contributed by atoms with E-state index in [4.69, 9.17) is 4.74 Å². The van der Waals surface area contributed by atoms with Crippen LogP contribution in [0.1, 0.15) is 16.8 Å². The molecular weight excluding hydrogens is 328 g/mol. The number of amides is 1. The molecule has 3 aromatic rings. The van der Waals surface area contributed by atoms with Crippen molar-refractivity contribution in [1.82, 2.24) is 9.55 Å². The van der Waals surface area contributed by atoms with Gasteiger partial charge in [-0.3, -0.25) is 9.36 Å². The quantitative estimate of drug-likeness (QED) is 0.768. The van der Waals surface area contributed by atoms with E-state index in [1.165, 1.54) is 0 Å². The number of anilines is 1. The Balaban J connectivity index is 1.88. The summed E-state index contributed by atoms with van der Waals surface area (Å²) in [5.74, 6) is 1.30. The molecule has 1 aromatic carbocycles. The number of hydrogen-bond donors (Lipinski definition) is 1. The van der Waals surface area contributed by atoms with Gasteiger partial charge < -0.3 is 10.1 Å². The largest absolute Gasteiger partial charge is 0.484 e. The van der Waals surface area contributed by atoms with Gasteiger partial charge in [-0.05, 0) is 43.7 Å². The highest BCUT2D eigenvalue weighted by atomic mass is 16.5. The number of ether oxygens (including phenoxy) is 1. The fourth-order valence-corrected chi connectivity index (χ4v) is 2.67. The molecule has 0 unspecified atom stereocenters. The predicted molar refractivity (Wildman–Crippen MR) is 98.3 cm³/mol. The minimum atomic E-state index is -0.347. The second-order valence-corrected chi connectivity index (χ2v) is 5.72. The maximum absolute atomic E-state index is 12.4. The fraction of sp³-hybridized carbons (Fsp3) is 0.150. The van der Waals surface area contributed by atoms with Gasteiger partial charge in [-0.2, -0.15) is 5.26 Å². The molecule has 0 aliphatic carbocycles. The van der Waals surface area contributed by atoms with Gasteiger partial charge in [-0.15, -0.1) is 0 Å². The molecule has 0 saturated heterocycles. The Kier molecular flexibility index (Phi) is 4.99. The number of hydrogen-bond acceptors (Lipinski definition) is 4. The van der Waals surface area contributed by atoms with Crippen molar-refractivity contribution in [3.8, 4) is 17.6 Å². The summed E-state index contributed by atoms with van der Waals surface area (Å²) < 4.78 is 7.25. The van der Waals surface area contributed by atoms with Crippen molar-refractivity contribution in [3.05, 3.63) is 71.5 Å². The molecule has 0 aliphatic rings. The Bertz CT molecular complexity index is 957. The van der Waals surface area contributed by atoms with Gasteiger partial charge in [0.15, 0.2) is 6.61 Å². The second-order valence-electron chi connectivity index (χ2n) is 5.72. The number of para-hydroxylation sites is 1. The average Bonchev–Trinajstić information content (AvgIpc) is 2.91. The molecule has 0 spiro atoms. The molecule has 130 valence electrons. The number of benzene rings is 1. The lowest BCUT2D eigenvalue weighted by Gasteiger charge is -2.12. The first kappa shape index (κ1) is 17.2. The Hall–Kier alpha value is -3.59. The molecule has 0 radical (unpaired) electrons. The lowest BCUT2D eigenvalue weighted by atomic mass is 10.2. The lowest BCUT2D eigenvalue weighted by molar-refractivity contribution is -0.118. The summed E-state index contributed by atoms with van der Waals surface area (Å²) in [5.41, 5.74) is 2.07. The van der Waals surface area contributed by atoms with Crippen molar-refractivity contribution >= 4 is 11.7 Å². The van der Waals surface area contributed by atoms with Crippen LogP contribution in [0.15, 0.2) is 54.7 Å². The summed E-state index contributed by atoms with van der Waals surface area (Å²) in [5, 5.41) is 12.3. The van der Waals surface area contributed by atoms with Crippen LogP contribution in [-0.2, 0) is 4.79 Å². The van der Waals surface area contributed by atoms with Gasteiger partial charge in [0.2, 0.25) is 0 Å². The highest BCUT2D eigenvalue weighted by molar-refractivity contribution is 5.93. The van der Waals surface area contributed by atoms with E-state index in [1.54, 1.807) is 22.9 Å². The van der Waals surface area contributed by atoms with Crippen molar-refractivity contribution in [2.75, 3.05) is 11.9 Å². The number of carbonyl (C=O) groups excluding carboxylic acids is 1. The normalized spacial score (nSPS) is 10.2. The number of nitriles is 1. The summed E-state index contributed by atoms with van der Waals surface area (Å²) in [6.45, 7) is 3.59. The summed E-state index contributed by atoms with van der Waals surface area (Å²) in [7, 11) is 0. The van der Waals surface area contributed by atoms with Crippen molar-refractivity contribution in [2.24, 2.45) is 0 Å². The second kappa shape index (κ2) is 7.53. The predicted octanol–water partition coefficient (Wildman–Crippen LogP) is 3.38. The number of nitrogens with zero attached hydrogens (tertiary/aromatic N) is 3. The van der Waals surface area contributed by atoms with Gasteiger partial charge in [0.25, 0.3) is 5.91 Å². The Labute approximate surface area is 151 Å². The van der Waals surface area contributed by atoms with Gasteiger partial charge in [-0.1, -0.05) is 24.3 Å². The summed E-state index contributed by atoms with van der Waals surface area (Å²) in [6.07, 6.45) is 1.67. The van der Waals surface area contributed by atoms with Crippen LogP contribution in [0.25, 0.3) is 5.82 Å². The smallest absolute Gasteiger partial charge is 0.263 e. The fourth-order valence-electron chi connectivity index (χ4n) is 2.67. The van der Waals surface area contributed by atoms with E-state index in [-0.39, 0.29) is 12.5 Å². The first-order chi connectivity index (χ1) is 12.6. The zero-order valence-electron chi connectivity index (χ0n) is 14.6. The third-order valence-corrected chi connectivity index (χ3v) is 4.07. The van der Waals surface area contributed by atoms with Gasteiger partial charge in [0, 0.05) is 11.9 Å². The van der Waals surface area contributed by atoms with Crippen LogP contribution in [-0.4, -0.2) is 22.1 Å². The van der Waals surface area contributed by atoms with Crippen LogP contribution >= 0.6 is 0 Å². The molecule has 0 fully saturated rings. The molecule has 0 aliphatic heterocycles. The topological polar surface area (TPSA) is 79.9 Å². The molecule has 6 nitrogen and oxygen atoms in total. The van der Waals surface area contributed by atoms with E-state index in [0.29, 0.717) is 22.9 Å². The maximum Gasteiger partial charge on any atom is 0.263 e. The van der Waals surface area contributed by atoms with Crippen molar-refractivity contribution < 1.29 is 9.53 Å². The molecule has 1 N–H and O–H groups in total. The molecule has 26 heavy (non-hydrogen) atoms. The van der Waals surface area contributed by atoms with E-state index in [0.717, 1.165) is 11.3 Å². The van der Waals surface area contributed by atoms with Crippen molar-refractivity contribution in [2.45, 2.75) is 13.8 Å². The molecule has 2 heterocycles. The third-order valence-electron chi connectivity index (χ3n) is 4.07. The van der Waals surface area contributed by atoms with Crippen molar-refractivity contribution in [1.29, 1.82) is 5.26 Å². The van der Waals surface area contributed by atoms with Gasteiger partial charge in [0.05, 0.1) is 5.56 Å². The minimum Gasteiger partial charge on any atom is -0.484 e. The SMILES string of the molecule is Cc1c(C#N)c(NC(=O)COc2ccccc2)n(-c2ccccn2)c1C. The average molecular weight is 346 g/mol. The number of aromatic nitrogens is 2. The van der Waals surface area contributed by atoms with E-state index in [1.807, 2.05) is 50.2 Å². The number of nitrogens with one attached hydrogen (secondary N) is 1. The zero-order chi connectivity index (χ0) is 18.5. The monoisotopic (exact) mass is 346 g/mol. The van der Waals surface area contributed by atoms with Crippen LogP contribution in [0.3, 0.4) is 0 Å². The Morgan fingerprint density at radius 2 is 1.92 bits per heavy atom. The lowest BCUT2D eigenvalue weighted by Crippen LogP contribution is -2.22. The number of rotatable bonds is 5. The first-order valence-electron chi connectivity index (χ1n) is 8.13. The molecule has 2 aromatic heterocycles. The van der Waals surface area contributed by atoms with Gasteiger partial charge in [0.1, 0.15) is 23.5 Å². The van der Waals surface area contributed by atoms with Crippen LogP contribution in [0.5, 0.6) is 5.75 Å². The molecule has 0 atom stereocenters. The molecule has 6 heteroatoms. The summed E-state index contributed by atoms with van der Waals surface area (Å²) in [6, 6.07) is 16.8. The highest BCUT2D eigenvalue weighted by Crippen LogP contribution is 2.29. The Morgan fingerprint density at radius 3 is 2.58 bits per heavy atom. The number of carbonyl (C=O) groups is 1. The van der Waals surface area contributed by atoms with Crippen LogP contribution in [0.4, 0.5) is 5.82 Å². The molecular formula is C20H18N4O2. The van der Waals surface area contributed by atoms with Crippen molar-refractivity contribution in [3.63, 3.8) is 0 Å². The summed E-state index contributed by atoms with van der Waals surface area (Å²) >= 11 is 0. The molecule has 1 amide bonds. The van der Waals surface area contributed by atoms with Crippen LogP contribution in [0, 0.1) is 25.2 Å². The minimum absolute atomic E-state index is 0.152. The highest BCUT2D eigenvalue weighted by Gasteiger charge is 2.21. The van der Waals surface area contributed by atoms with Gasteiger partial charge in [-0.25, -0.2) is 4.98 Å². The zero-order valence-corrected chi connectivity index (χ0v) is 14.6. The van der Waals surface area contributed by atoms with Gasteiger partial charge >= 0.3 is 0 Å². The first-order valence-corrected chi connectivity index (χ1v) is 8.13. The molecule has 0 saturated carbocycles. The molecule has 3 rings (SSSR count). The standard InChI is InChI=1S/C20H18N4O2/c1-14-15(2)24(18-10-6-7-11-22-18)20(17(14)12-21)23-19(25)13-26-16-8-4-3-5-9-16/h3-11H,13H2,1-2H3,(H,23,25). The summed E-state index contributed by atoms with van der Waals surface area (Å²) in [4.78, 5) is 16.7. The Morgan fingerprint density at radius 1 is 1.19 bits per heavy atom. The third kappa shape index (κ3) is 3.42.